The Morgan fingerprint density at radius 1 is 1.37 bits per heavy atom. The molecule has 0 bridgehead atoms. The summed E-state index contributed by atoms with van der Waals surface area (Å²) < 4.78 is 12.9. The van der Waals surface area contributed by atoms with Gasteiger partial charge in [-0.15, -0.1) is 0 Å². The van der Waals surface area contributed by atoms with Gasteiger partial charge in [-0.1, -0.05) is 0 Å². The summed E-state index contributed by atoms with van der Waals surface area (Å²) in [7, 11) is 3.94. The van der Waals surface area contributed by atoms with Crippen molar-refractivity contribution in [3.05, 3.63) is 35.6 Å². The van der Waals surface area contributed by atoms with Gasteiger partial charge in [0.05, 0.1) is 6.04 Å². The third-order valence-corrected chi connectivity index (χ3v) is 3.48. The fraction of sp³-hybridized carbons (Fsp3) is 0.500. The third-order valence-electron chi connectivity index (χ3n) is 3.48. The minimum absolute atomic E-state index is 0.0200. The number of rotatable bonds is 3. The number of carbonyl (C=O) groups excluding carboxylic acids is 1. The molecule has 0 radical (unpaired) electrons. The van der Waals surface area contributed by atoms with Crippen LogP contribution in [0.1, 0.15) is 10.4 Å². The second-order valence-electron chi connectivity index (χ2n) is 4.98. The monoisotopic (exact) mass is 265 g/mol. The molecule has 0 spiro atoms. The number of piperazine rings is 1. The first kappa shape index (κ1) is 14.0. The Morgan fingerprint density at radius 2 is 2.05 bits per heavy atom. The van der Waals surface area contributed by atoms with E-state index >= 15 is 0 Å². The van der Waals surface area contributed by atoms with Crippen LogP contribution in [-0.2, 0) is 0 Å². The molecule has 1 fully saturated rings. The molecule has 5 heteroatoms. The molecule has 1 aliphatic heterocycles. The minimum atomic E-state index is -0.318. The summed E-state index contributed by atoms with van der Waals surface area (Å²) in [5, 5.41) is 3.12. The van der Waals surface area contributed by atoms with Crippen molar-refractivity contribution in [3.63, 3.8) is 0 Å². The van der Waals surface area contributed by atoms with Crippen LogP contribution in [0.3, 0.4) is 0 Å². The topological polar surface area (TPSA) is 35.6 Å². The molecule has 0 aromatic heterocycles. The lowest BCUT2D eigenvalue weighted by molar-refractivity contribution is 0.0504. The SMILES string of the molecule is CNCC1CN(C)CCN1C(=O)c1ccc(F)cc1. The first-order valence-corrected chi connectivity index (χ1v) is 6.51. The van der Waals surface area contributed by atoms with E-state index in [0.717, 1.165) is 19.6 Å². The number of hydrogen-bond acceptors (Lipinski definition) is 3. The highest BCUT2D eigenvalue weighted by Crippen LogP contribution is 2.13. The van der Waals surface area contributed by atoms with Gasteiger partial charge in [-0.25, -0.2) is 4.39 Å². The van der Waals surface area contributed by atoms with Crippen LogP contribution in [0.4, 0.5) is 4.39 Å². The fourth-order valence-electron chi connectivity index (χ4n) is 2.45. The van der Waals surface area contributed by atoms with Crippen LogP contribution in [0.15, 0.2) is 24.3 Å². The molecule has 1 atom stereocenters. The van der Waals surface area contributed by atoms with E-state index < -0.39 is 0 Å². The van der Waals surface area contributed by atoms with Crippen molar-refractivity contribution in [1.29, 1.82) is 0 Å². The Bertz CT molecular complexity index is 435. The lowest BCUT2D eigenvalue weighted by Gasteiger charge is -2.40. The number of amides is 1. The molecular weight excluding hydrogens is 245 g/mol. The van der Waals surface area contributed by atoms with E-state index in [0.29, 0.717) is 12.1 Å². The molecule has 1 unspecified atom stereocenters. The highest BCUT2D eigenvalue weighted by atomic mass is 19.1. The summed E-state index contributed by atoms with van der Waals surface area (Å²) in [6.07, 6.45) is 0. The third kappa shape index (κ3) is 3.30. The van der Waals surface area contributed by atoms with Crippen LogP contribution in [0.5, 0.6) is 0 Å². The average molecular weight is 265 g/mol. The highest BCUT2D eigenvalue weighted by molar-refractivity contribution is 5.94. The van der Waals surface area contributed by atoms with E-state index in [4.69, 9.17) is 0 Å². The fourth-order valence-corrected chi connectivity index (χ4v) is 2.45. The van der Waals surface area contributed by atoms with E-state index in [-0.39, 0.29) is 17.8 Å². The molecule has 1 aromatic rings. The van der Waals surface area contributed by atoms with Crippen molar-refractivity contribution >= 4 is 5.91 Å². The number of benzene rings is 1. The lowest BCUT2D eigenvalue weighted by atomic mass is 10.1. The maximum atomic E-state index is 12.9. The average Bonchev–Trinajstić information content (AvgIpc) is 2.39. The van der Waals surface area contributed by atoms with Gasteiger partial charge >= 0.3 is 0 Å². The summed E-state index contributed by atoms with van der Waals surface area (Å²) >= 11 is 0. The van der Waals surface area contributed by atoms with Gasteiger partial charge in [0.1, 0.15) is 5.82 Å². The number of likely N-dealkylation sites (N-methyl/N-ethyl adjacent to an activating group) is 2. The van der Waals surface area contributed by atoms with Crippen LogP contribution >= 0.6 is 0 Å². The maximum absolute atomic E-state index is 12.9. The van der Waals surface area contributed by atoms with Crippen LogP contribution in [-0.4, -0.2) is 62.0 Å². The van der Waals surface area contributed by atoms with Crippen molar-refractivity contribution in [3.8, 4) is 0 Å². The van der Waals surface area contributed by atoms with Gasteiger partial charge in [0.15, 0.2) is 0 Å². The number of nitrogens with zero attached hydrogens (tertiary/aromatic N) is 2. The Balaban J connectivity index is 2.13. The van der Waals surface area contributed by atoms with Crippen LogP contribution in [0, 0.1) is 5.82 Å². The summed E-state index contributed by atoms with van der Waals surface area (Å²) in [6, 6.07) is 5.91. The first-order valence-electron chi connectivity index (χ1n) is 6.51. The molecule has 0 aliphatic carbocycles. The second-order valence-corrected chi connectivity index (χ2v) is 4.98. The first-order chi connectivity index (χ1) is 9.11. The molecule has 104 valence electrons. The number of hydrogen-bond donors (Lipinski definition) is 1. The maximum Gasteiger partial charge on any atom is 0.254 e. The van der Waals surface area contributed by atoms with Crippen LogP contribution in [0.2, 0.25) is 0 Å². The standard InChI is InChI=1S/C14H20FN3O/c1-16-9-13-10-17(2)7-8-18(13)14(19)11-3-5-12(15)6-4-11/h3-6,13,16H,7-10H2,1-2H3. The molecule has 2 rings (SSSR count). The quantitative estimate of drug-likeness (QED) is 0.878. The summed E-state index contributed by atoms with van der Waals surface area (Å²) in [4.78, 5) is 16.6. The Morgan fingerprint density at radius 3 is 2.68 bits per heavy atom. The second kappa shape index (κ2) is 6.12. The minimum Gasteiger partial charge on any atom is -0.332 e. The predicted octanol–water partition coefficient (Wildman–Crippen LogP) is 0.801. The number of halogens is 1. The van der Waals surface area contributed by atoms with Gasteiger partial charge in [-0.2, -0.15) is 0 Å². The Hall–Kier alpha value is -1.46. The Kier molecular flexibility index (Phi) is 4.50. The van der Waals surface area contributed by atoms with Crippen molar-refractivity contribution in [2.75, 3.05) is 40.3 Å². The molecule has 4 nitrogen and oxygen atoms in total. The predicted molar refractivity (Wildman–Crippen MR) is 72.6 cm³/mol. The van der Waals surface area contributed by atoms with Gasteiger partial charge in [-0.05, 0) is 38.4 Å². The van der Waals surface area contributed by atoms with Gasteiger partial charge < -0.3 is 15.1 Å². The van der Waals surface area contributed by atoms with Crippen molar-refractivity contribution in [2.45, 2.75) is 6.04 Å². The van der Waals surface area contributed by atoms with Gasteiger partial charge in [0.25, 0.3) is 5.91 Å². The summed E-state index contributed by atoms with van der Waals surface area (Å²) in [5.41, 5.74) is 0.548. The largest absolute Gasteiger partial charge is 0.332 e. The zero-order chi connectivity index (χ0) is 13.8. The van der Waals surface area contributed by atoms with Crippen molar-refractivity contribution < 1.29 is 9.18 Å². The molecule has 1 saturated heterocycles. The van der Waals surface area contributed by atoms with E-state index in [1.807, 2.05) is 11.9 Å². The van der Waals surface area contributed by atoms with Crippen molar-refractivity contribution in [2.24, 2.45) is 0 Å². The van der Waals surface area contributed by atoms with Gasteiger partial charge in [-0.3, -0.25) is 4.79 Å². The molecule has 1 heterocycles. The van der Waals surface area contributed by atoms with Crippen LogP contribution in [0.25, 0.3) is 0 Å². The molecule has 1 N–H and O–H groups in total. The number of nitrogens with one attached hydrogen (secondary N) is 1. The molecule has 1 amide bonds. The van der Waals surface area contributed by atoms with Gasteiger partial charge in [0.2, 0.25) is 0 Å². The lowest BCUT2D eigenvalue weighted by Crippen LogP contribution is -2.57. The Labute approximate surface area is 113 Å². The normalized spacial score (nSPS) is 20.6. The van der Waals surface area contributed by atoms with E-state index in [1.165, 1.54) is 12.1 Å². The smallest absolute Gasteiger partial charge is 0.254 e. The van der Waals surface area contributed by atoms with Gasteiger partial charge in [0, 0.05) is 31.7 Å². The zero-order valence-corrected chi connectivity index (χ0v) is 11.4. The zero-order valence-electron chi connectivity index (χ0n) is 11.4. The van der Waals surface area contributed by atoms with Crippen LogP contribution < -0.4 is 5.32 Å². The van der Waals surface area contributed by atoms with Crippen molar-refractivity contribution in [1.82, 2.24) is 15.1 Å². The van der Waals surface area contributed by atoms with E-state index in [1.54, 1.807) is 12.1 Å². The highest BCUT2D eigenvalue weighted by Gasteiger charge is 2.29. The molecule has 1 aliphatic rings. The number of carbonyl (C=O) groups is 1. The molecule has 1 aromatic carbocycles. The molecule has 19 heavy (non-hydrogen) atoms. The molecule has 0 saturated carbocycles. The summed E-state index contributed by atoms with van der Waals surface area (Å²) in [6.45, 7) is 3.19. The van der Waals surface area contributed by atoms with E-state index in [9.17, 15) is 9.18 Å². The van der Waals surface area contributed by atoms with E-state index in [2.05, 4.69) is 17.3 Å². The molecular formula is C14H20FN3O. The summed E-state index contributed by atoms with van der Waals surface area (Å²) in [5.74, 6) is -0.338.